The van der Waals surface area contributed by atoms with Crippen LogP contribution in [0.3, 0.4) is 0 Å². The Labute approximate surface area is 220 Å². The zero-order valence-electron chi connectivity index (χ0n) is 21.4. The number of benzene rings is 4. The summed E-state index contributed by atoms with van der Waals surface area (Å²) in [5.41, 5.74) is 6.57. The molecule has 0 unspecified atom stereocenters. The molecule has 0 bridgehead atoms. The minimum atomic E-state index is 0.0137. The Hall–Kier alpha value is -3.95. The van der Waals surface area contributed by atoms with Crippen molar-refractivity contribution >= 4 is 11.9 Å². The van der Waals surface area contributed by atoms with Crippen molar-refractivity contribution in [2.24, 2.45) is 0 Å². The highest BCUT2D eigenvalue weighted by Crippen LogP contribution is 2.24. The molecule has 0 spiro atoms. The molecule has 188 valence electrons. The maximum Gasteiger partial charge on any atom is 0.185 e. The van der Waals surface area contributed by atoms with Gasteiger partial charge in [-0.25, -0.2) is 0 Å². The molecular formula is C34H34O3. The third kappa shape index (κ3) is 8.30. The molecule has 37 heavy (non-hydrogen) atoms. The van der Waals surface area contributed by atoms with Gasteiger partial charge in [-0.2, -0.15) is 0 Å². The first-order chi connectivity index (χ1) is 18.2. The average molecular weight is 491 g/mol. The molecule has 4 aromatic rings. The summed E-state index contributed by atoms with van der Waals surface area (Å²) in [5, 5.41) is 0. The number of rotatable bonds is 13. The normalized spacial score (nSPS) is 11.1. The Bertz CT molecular complexity index is 1260. The Morgan fingerprint density at radius 1 is 0.703 bits per heavy atom. The van der Waals surface area contributed by atoms with Crippen LogP contribution in [0.1, 0.15) is 46.8 Å². The van der Waals surface area contributed by atoms with Crippen molar-refractivity contribution < 1.29 is 14.3 Å². The zero-order valence-corrected chi connectivity index (χ0v) is 21.4. The largest absolute Gasteiger partial charge is 0.494 e. The summed E-state index contributed by atoms with van der Waals surface area (Å²) < 4.78 is 11.3. The molecular weight excluding hydrogens is 456 g/mol. The van der Waals surface area contributed by atoms with Crippen LogP contribution in [0, 0.1) is 0 Å². The van der Waals surface area contributed by atoms with Crippen LogP contribution < -0.4 is 4.74 Å². The van der Waals surface area contributed by atoms with E-state index in [1.807, 2.05) is 48.5 Å². The highest BCUT2D eigenvalue weighted by molar-refractivity contribution is 6.06. The standard InChI is InChI=1S/C34H34O3/c1-2-23-36-24-6-25-37-33-20-18-31(19-21-33)30-16-13-29(14-17-30)26-28-11-9-27(10-12-28)15-22-34(35)32-7-4-3-5-8-32/h3-5,7-22H,2,6,23-26H2,1H3/b22-15+. The van der Waals surface area contributed by atoms with Crippen LogP contribution >= 0.6 is 0 Å². The lowest BCUT2D eigenvalue weighted by atomic mass is 9.99. The Morgan fingerprint density at radius 3 is 1.97 bits per heavy atom. The molecule has 0 heterocycles. The van der Waals surface area contributed by atoms with Crippen LogP contribution in [-0.4, -0.2) is 25.6 Å². The average Bonchev–Trinajstić information content (AvgIpc) is 2.95. The second-order valence-corrected chi connectivity index (χ2v) is 9.02. The predicted molar refractivity (Wildman–Crippen MR) is 152 cm³/mol. The Morgan fingerprint density at radius 2 is 1.32 bits per heavy atom. The molecule has 0 atom stereocenters. The minimum absolute atomic E-state index is 0.0137. The predicted octanol–water partition coefficient (Wildman–Crippen LogP) is 8.04. The monoisotopic (exact) mass is 490 g/mol. The second kappa shape index (κ2) is 14.0. The molecule has 0 amide bonds. The third-order valence-corrected chi connectivity index (χ3v) is 6.07. The van der Waals surface area contributed by atoms with Crippen LogP contribution in [0.2, 0.25) is 0 Å². The maximum atomic E-state index is 12.3. The summed E-state index contributed by atoms with van der Waals surface area (Å²) >= 11 is 0. The number of carbonyl (C=O) groups excluding carboxylic acids is 1. The molecule has 0 aliphatic rings. The molecule has 4 rings (SSSR count). The quantitative estimate of drug-likeness (QED) is 0.108. The second-order valence-electron chi connectivity index (χ2n) is 9.02. The van der Waals surface area contributed by atoms with Crippen LogP contribution in [0.25, 0.3) is 17.2 Å². The van der Waals surface area contributed by atoms with E-state index in [9.17, 15) is 4.79 Å². The van der Waals surface area contributed by atoms with E-state index >= 15 is 0 Å². The molecule has 0 N–H and O–H groups in total. The zero-order chi connectivity index (χ0) is 25.7. The van der Waals surface area contributed by atoms with Gasteiger partial charge in [0.2, 0.25) is 0 Å². The number of hydrogen-bond acceptors (Lipinski definition) is 3. The van der Waals surface area contributed by atoms with Gasteiger partial charge in [-0.3, -0.25) is 4.79 Å². The van der Waals surface area contributed by atoms with Crippen molar-refractivity contribution in [3.8, 4) is 16.9 Å². The molecule has 0 aliphatic heterocycles. The van der Waals surface area contributed by atoms with Crippen molar-refractivity contribution in [3.63, 3.8) is 0 Å². The van der Waals surface area contributed by atoms with Gasteiger partial charge in [0.05, 0.1) is 6.61 Å². The van der Waals surface area contributed by atoms with Gasteiger partial charge in [0.25, 0.3) is 0 Å². The number of hydrogen-bond donors (Lipinski definition) is 0. The van der Waals surface area contributed by atoms with Crippen molar-refractivity contribution in [1.29, 1.82) is 0 Å². The molecule has 0 saturated carbocycles. The van der Waals surface area contributed by atoms with Gasteiger partial charge in [-0.1, -0.05) is 104 Å². The van der Waals surface area contributed by atoms with Crippen LogP contribution in [0.4, 0.5) is 0 Å². The molecule has 0 saturated heterocycles. The highest BCUT2D eigenvalue weighted by atomic mass is 16.5. The molecule has 3 heteroatoms. The lowest BCUT2D eigenvalue weighted by molar-refractivity contribution is 0.104. The summed E-state index contributed by atoms with van der Waals surface area (Å²) in [6.45, 7) is 4.34. The van der Waals surface area contributed by atoms with Crippen LogP contribution in [-0.2, 0) is 11.2 Å². The van der Waals surface area contributed by atoms with E-state index < -0.39 is 0 Å². The Kier molecular flexibility index (Phi) is 9.85. The molecule has 4 aromatic carbocycles. The van der Waals surface area contributed by atoms with Gasteiger partial charge < -0.3 is 9.47 Å². The van der Waals surface area contributed by atoms with Gasteiger partial charge in [0, 0.05) is 25.2 Å². The lowest BCUT2D eigenvalue weighted by Crippen LogP contribution is -2.03. The summed E-state index contributed by atoms with van der Waals surface area (Å²) in [6.07, 6.45) is 6.31. The Balaban J connectivity index is 1.27. The number of ketones is 1. The van der Waals surface area contributed by atoms with Gasteiger partial charge >= 0.3 is 0 Å². The van der Waals surface area contributed by atoms with Gasteiger partial charge in [-0.05, 0) is 58.9 Å². The van der Waals surface area contributed by atoms with E-state index in [2.05, 4.69) is 67.6 Å². The van der Waals surface area contributed by atoms with E-state index in [0.29, 0.717) is 12.2 Å². The molecule has 0 fully saturated rings. The van der Waals surface area contributed by atoms with E-state index in [-0.39, 0.29) is 5.78 Å². The van der Waals surface area contributed by atoms with Crippen LogP contribution in [0.15, 0.2) is 109 Å². The highest BCUT2D eigenvalue weighted by Gasteiger charge is 2.03. The molecule has 0 aliphatic carbocycles. The lowest BCUT2D eigenvalue weighted by Gasteiger charge is -2.09. The summed E-state index contributed by atoms with van der Waals surface area (Å²) in [4.78, 5) is 12.3. The first-order valence-electron chi connectivity index (χ1n) is 13.0. The summed E-state index contributed by atoms with van der Waals surface area (Å²) in [6, 6.07) is 34.6. The first kappa shape index (κ1) is 26.1. The van der Waals surface area contributed by atoms with Gasteiger partial charge in [-0.15, -0.1) is 0 Å². The van der Waals surface area contributed by atoms with Gasteiger partial charge in [0.15, 0.2) is 5.78 Å². The molecule has 3 nitrogen and oxygen atoms in total. The van der Waals surface area contributed by atoms with Crippen molar-refractivity contribution in [2.75, 3.05) is 19.8 Å². The van der Waals surface area contributed by atoms with E-state index in [4.69, 9.17) is 9.47 Å². The summed E-state index contributed by atoms with van der Waals surface area (Å²) in [5.74, 6) is 0.901. The van der Waals surface area contributed by atoms with E-state index in [1.165, 1.54) is 22.3 Å². The fourth-order valence-electron chi connectivity index (χ4n) is 4.01. The maximum absolute atomic E-state index is 12.3. The third-order valence-electron chi connectivity index (χ3n) is 6.07. The van der Waals surface area contributed by atoms with E-state index in [1.54, 1.807) is 6.08 Å². The van der Waals surface area contributed by atoms with Crippen molar-refractivity contribution in [2.45, 2.75) is 26.2 Å². The topological polar surface area (TPSA) is 35.5 Å². The van der Waals surface area contributed by atoms with E-state index in [0.717, 1.165) is 43.8 Å². The smallest absolute Gasteiger partial charge is 0.185 e. The van der Waals surface area contributed by atoms with Gasteiger partial charge in [0.1, 0.15) is 5.75 Å². The molecule has 0 radical (unpaired) electrons. The fraction of sp³-hybridized carbons (Fsp3) is 0.206. The fourth-order valence-corrected chi connectivity index (χ4v) is 4.01. The van der Waals surface area contributed by atoms with Crippen LogP contribution in [0.5, 0.6) is 5.75 Å². The summed E-state index contributed by atoms with van der Waals surface area (Å²) in [7, 11) is 0. The number of ether oxygens (including phenoxy) is 2. The first-order valence-corrected chi connectivity index (χ1v) is 13.0. The van der Waals surface area contributed by atoms with Crippen molar-refractivity contribution in [1.82, 2.24) is 0 Å². The minimum Gasteiger partial charge on any atom is -0.494 e. The van der Waals surface area contributed by atoms with Crippen molar-refractivity contribution in [3.05, 3.63) is 131 Å². The SMILES string of the molecule is CCCOCCCOc1ccc(-c2ccc(Cc3ccc(/C=C/C(=O)c4ccccc4)cc3)cc2)cc1. The number of allylic oxidation sites excluding steroid dienone is 1. The molecule has 0 aromatic heterocycles. The number of carbonyl (C=O) groups is 1.